The van der Waals surface area contributed by atoms with Gasteiger partial charge in [-0.3, -0.25) is 9.13 Å². The van der Waals surface area contributed by atoms with Crippen molar-refractivity contribution in [3.63, 3.8) is 0 Å². The molecule has 2 aromatic carbocycles. The molecule has 46 heavy (non-hydrogen) atoms. The van der Waals surface area contributed by atoms with Crippen molar-refractivity contribution in [3.05, 3.63) is 69.1 Å². The van der Waals surface area contributed by atoms with Gasteiger partial charge in [-0.15, -0.1) is 0 Å². The molecule has 3 heterocycles. The Morgan fingerprint density at radius 3 is 2.46 bits per heavy atom. The van der Waals surface area contributed by atoms with Crippen molar-refractivity contribution in [1.82, 2.24) is 19.1 Å². The van der Waals surface area contributed by atoms with Crippen molar-refractivity contribution >= 4 is 23.2 Å². The molecule has 4 fully saturated rings. The minimum absolute atomic E-state index is 0.101. The maximum Gasteiger partial charge on any atom is 0.330 e. The van der Waals surface area contributed by atoms with Crippen LogP contribution in [-0.4, -0.2) is 51.6 Å². The Morgan fingerprint density at radius 1 is 1.09 bits per heavy atom. The van der Waals surface area contributed by atoms with Crippen LogP contribution in [0.15, 0.2) is 41.2 Å². The second-order valence-electron chi connectivity index (χ2n) is 12.5. The van der Waals surface area contributed by atoms with Crippen molar-refractivity contribution in [1.29, 1.82) is 10.5 Å². The lowest BCUT2D eigenvalue weighted by Crippen LogP contribution is -2.70. The molecule has 4 aliphatic rings. The summed E-state index contributed by atoms with van der Waals surface area (Å²) >= 11 is 0. The lowest BCUT2D eigenvalue weighted by atomic mass is 9.40. The minimum Gasteiger partial charge on any atom is -0.497 e. The summed E-state index contributed by atoms with van der Waals surface area (Å²) in [6, 6.07) is 13.8. The van der Waals surface area contributed by atoms with Crippen molar-refractivity contribution < 1.29 is 18.9 Å². The third-order valence-corrected chi connectivity index (χ3v) is 9.11. The summed E-state index contributed by atoms with van der Waals surface area (Å²) in [4.78, 5) is 24.0. The van der Waals surface area contributed by atoms with Gasteiger partial charge in [0, 0.05) is 23.2 Å². The zero-order valence-electron chi connectivity index (χ0n) is 26.1. The molecule has 1 saturated heterocycles. The van der Waals surface area contributed by atoms with E-state index >= 15 is 0 Å². The Morgan fingerprint density at radius 2 is 1.83 bits per heavy atom. The fourth-order valence-electron chi connectivity index (χ4n) is 6.90. The topological polar surface area (TPSA) is 153 Å². The normalized spacial score (nSPS) is 22.4. The predicted octanol–water partition coefficient (Wildman–Crippen LogP) is 4.86. The third kappa shape index (κ3) is 5.01. The highest BCUT2D eigenvalue weighted by Crippen LogP contribution is 2.67. The van der Waals surface area contributed by atoms with Gasteiger partial charge in [0.1, 0.15) is 17.2 Å². The van der Waals surface area contributed by atoms with E-state index in [0.29, 0.717) is 47.5 Å². The molecule has 0 amide bonds. The minimum atomic E-state index is -0.279. The van der Waals surface area contributed by atoms with Gasteiger partial charge >= 0.3 is 5.69 Å². The average molecular weight is 620 g/mol. The summed E-state index contributed by atoms with van der Waals surface area (Å²) in [7, 11) is 3.17. The Bertz CT molecular complexity index is 2020. The molecule has 0 spiro atoms. The van der Waals surface area contributed by atoms with Crippen LogP contribution >= 0.6 is 0 Å². The standard InChI is InChI=1S/C34H33N7O5/c1-20-10-22(6-5-9-35)11-21(2)28(20)46-30-27-29(37-31(38-30)39-34-16-33(17-34,18-34)19-36)41(32(42)40(27)14-25-15-45-25)13-23-7-8-24(43-3)12-26(23)44-4/h5-8,10-12,25H,13-18H2,1-4H3,(H,37,38,39)/b6-5+. The van der Waals surface area contributed by atoms with E-state index in [4.69, 9.17) is 34.2 Å². The van der Waals surface area contributed by atoms with Gasteiger partial charge in [0.25, 0.3) is 5.88 Å². The Hall–Kier alpha value is -5.33. The van der Waals surface area contributed by atoms with E-state index in [1.54, 1.807) is 35.5 Å². The quantitative estimate of drug-likeness (QED) is 0.182. The molecule has 2 aromatic heterocycles. The average Bonchev–Trinajstić information content (AvgIpc) is 3.80. The zero-order valence-corrected chi connectivity index (χ0v) is 26.1. The summed E-state index contributed by atoms with van der Waals surface area (Å²) in [6.07, 6.45) is 5.24. The highest BCUT2D eigenvalue weighted by atomic mass is 16.6. The number of fused-ring (bicyclic) bond motifs is 1. The van der Waals surface area contributed by atoms with E-state index < -0.39 is 0 Å². The molecule has 1 N–H and O–H groups in total. The number of anilines is 1. The molecular formula is C34H33N7O5. The molecule has 0 radical (unpaired) electrons. The molecule has 12 nitrogen and oxygen atoms in total. The van der Waals surface area contributed by atoms with Gasteiger partial charge in [0.05, 0.1) is 57.6 Å². The van der Waals surface area contributed by atoms with E-state index in [-0.39, 0.29) is 35.2 Å². The molecule has 1 unspecified atom stereocenters. The van der Waals surface area contributed by atoms with Gasteiger partial charge in [-0.05, 0) is 80.1 Å². The van der Waals surface area contributed by atoms with E-state index in [0.717, 1.165) is 41.5 Å². The molecule has 3 saturated carbocycles. The van der Waals surface area contributed by atoms with Crippen molar-refractivity contribution in [2.45, 2.75) is 57.8 Å². The number of nitrogens with one attached hydrogen (secondary N) is 1. The van der Waals surface area contributed by atoms with Crippen molar-refractivity contribution in [2.24, 2.45) is 5.41 Å². The van der Waals surface area contributed by atoms with Crippen LogP contribution in [0.3, 0.4) is 0 Å². The van der Waals surface area contributed by atoms with Crippen LogP contribution in [0.2, 0.25) is 0 Å². The van der Waals surface area contributed by atoms with E-state index in [2.05, 4.69) is 11.4 Å². The van der Waals surface area contributed by atoms with Crippen LogP contribution in [0, 0.1) is 41.9 Å². The first kappa shape index (κ1) is 29.4. The highest BCUT2D eigenvalue weighted by molar-refractivity contribution is 5.80. The summed E-state index contributed by atoms with van der Waals surface area (Å²) in [5, 5.41) is 22.1. The van der Waals surface area contributed by atoms with E-state index in [1.165, 1.54) is 6.08 Å². The molecule has 8 rings (SSSR count). The first-order valence-corrected chi connectivity index (χ1v) is 15.1. The lowest BCUT2D eigenvalue weighted by molar-refractivity contribution is -0.0665. The van der Waals surface area contributed by atoms with Gasteiger partial charge in [-0.2, -0.15) is 20.5 Å². The molecule has 2 bridgehead atoms. The van der Waals surface area contributed by atoms with Gasteiger partial charge in [0.15, 0.2) is 11.2 Å². The molecule has 1 aliphatic heterocycles. The van der Waals surface area contributed by atoms with Crippen LogP contribution < -0.4 is 25.2 Å². The zero-order chi connectivity index (χ0) is 32.2. The number of aromatic nitrogens is 4. The van der Waals surface area contributed by atoms with Gasteiger partial charge in [0.2, 0.25) is 5.95 Å². The van der Waals surface area contributed by atoms with Crippen molar-refractivity contribution in [3.8, 4) is 35.3 Å². The molecule has 1 atom stereocenters. The summed E-state index contributed by atoms with van der Waals surface area (Å²) in [5.41, 5.74) is 3.38. The number of ether oxygens (including phenoxy) is 4. The van der Waals surface area contributed by atoms with Crippen LogP contribution in [-0.2, 0) is 17.8 Å². The van der Waals surface area contributed by atoms with Crippen LogP contribution in [0.4, 0.5) is 5.95 Å². The predicted molar refractivity (Wildman–Crippen MR) is 169 cm³/mol. The van der Waals surface area contributed by atoms with Gasteiger partial charge < -0.3 is 24.3 Å². The molecule has 4 aromatic rings. The smallest absolute Gasteiger partial charge is 0.330 e. The second kappa shape index (κ2) is 10.9. The summed E-state index contributed by atoms with van der Waals surface area (Å²) < 4.78 is 26.4. The number of nitriles is 2. The van der Waals surface area contributed by atoms with E-state index in [9.17, 15) is 10.1 Å². The molecule has 12 heteroatoms. The maximum atomic E-state index is 14.2. The number of aryl methyl sites for hydroxylation is 2. The fraction of sp³-hybridized carbons (Fsp3) is 0.382. The maximum absolute atomic E-state index is 14.2. The fourth-order valence-corrected chi connectivity index (χ4v) is 6.90. The lowest BCUT2D eigenvalue weighted by Gasteiger charge is -2.66. The first-order valence-electron chi connectivity index (χ1n) is 15.1. The number of methoxy groups -OCH3 is 2. The van der Waals surface area contributed by atoms with Crippen LogP contribution in [0.25, 0.3) is 17.2 Å². The van der Waals surface area contributed by atoms with E-state index in [1.807, 2.05) is 44.2 Å². The van der Waals surface area contributed by atoms with Crippen LogP contribution in [0.5, 0.6) is 23.1 Å². The number of benzene rings is 2. The SMILES string of the molecule is COc1ccc(Cn2c(=O)n(CC3CO3)c3c(Oc4c(C)cc(/C=C/C#N)cc4C)nc(NC45CC(C#N)(C4)C5)nc32)c(OC)c1. The number of hydrogen-bond donors (Lipinski definition) is 1. The summed E-state index contributed by atoms with van der Waals surface area (Å²) in [5.74, 6) is 2.38. The molecule has 3 aliphatic carbocycles. The number of hydrogen-bond acceptors (Lipinski definition) is 10. The first-order chi connectivity index (χ1) is 22.2. The third-order valence-electron chi connectivity index (χ3n) is 9.11. The highest BCUT2D eigenvalue weighted by Gasteiger charge is 2.69. The summed E-state index contributed by atoms with van der Waals surface area (Å²) in [6.45, 7) is 4.91. The largest absolute Gasteiger partial charge is 0.497 e. The number of epoxide rings is 1. The Kier molecular flexibility index (Phi) is 6.98. The Balaban J connectivity index is 1.38. The molecular weight excluding hydrogens is 586 g/mol. The monoisotopic (exact) mass is 619 g/mol. The number of imidazole rings is 1. The molecule has 234 valence electrons. The number of rotatable bonds is 11. The van der Waals surface area contributed by atoms with Gasteiger partial charge in [-0.25, -0.2) is 4.79 Å². The van der Waals surface area contributed by atoms with Crippen LogP contribution in [0.1, 0.15) is 41.5 Å². The van der Waals surface area contributed by atoms with Crippen molar-refractivity contribution in [2.75, 3.05) is 26.1 Å². The second-order valence-corrected chi connectivity index (χ2v) is 12.5. The number of nitrogens with zero attached hydrogens (tertiary/aromatic N) is 6. The van der Waals surface area contributed by atoms with Gasteiger partial charge in [-0.1, -0.05) is 0 Å². The Labute approximate surface area is 265 Å². The number of allylic oxidation sites excluding steroid dienone is 1.